The summed E-state index contributed by atoms with van der Waals surface area (Å²) >= 11 is 9.28. The van der Waals surface area contributed by atoms with Crippen LogP contribution in [0, 0.1) is 0 Å². The minimum atomic E-state index is -3.94. The van der Waals surface area contributed by atoms with Crippen molar-refractivity contribution in [3.05, 3.63) is 27.2 Å². The Bertz CT molecular complexity index is 647. The second-order valence-corrected chi connectivity index (χ2v) is 8.60. The summed E-state index contributed by atoms with van der Waals surface area (Å²) in [5, 5.41) is 0.172. The monoisotopic (exact) mass is 415 g/mol. The zero-order valence-electron chi connectivity index (χ0n) is 11.9. The maximum absolute atomic E-state index is 12.6. The van der Waals surface area contributed by atoms with Crippen LogP contribution in [0.1, 0.15) is 37.6 Å². The third-order valence-electron chi connectivity index (χ3n) is 2.86. The molecule has 0 N–H and O–H groups in total. The van der Waals surface area contributed by atoms with Gasteiger partial charge in [0.2, 0.25) is 0 Å². The molecule has 1 amide bonds. The Morgan fingerprint density at radius 3 is 2.38 bits per heavy atom. The van der Waals surface area contributed by atoms with Crippen LogP contribution in [0.3, 0.4) is 0 Å². The second-order valence-electron chi connectivity index (χ2n) is 4.80. The van der Waals surface area contributed by atoms with Crippen LogP contribution in [-0.4, -0.2) is 31.8 Å². The van der Waals surface area contributed by atoms with Crippen LogP contribution in [0.25, 0.3) is 0 Å². The van der Waals surface area contributed by atoms with Crippen LogP contribution in [0.2, 0.25) is 5.02 Å². The smallest absolute Gasteiger partial charge is 0.261 e. The highest BCUT2D eigenvalue weighted by Gasteiger charge is 2.24. The molecule has 21 heavy (non-hydrogen) atoms. The Hall–Kier alpha value is -0.300. The average molecular weight is 417 g/mol. The topological polar surface area (TPSA) is 54.5 Å². The van der Waals surface area contributed by atoms with Crippen LogP contribution >= 0.6 is 38.2 Å². The molecular weight excluding hydrogens is 401 g/mol. The number of nitrogens with zero attached hydrogens (tertiary/aromatic N) is 1. The van der Waals surface area contributed by atoms with Crippen molar-refractivity contribution in [2.24, 2.45) is 0 Å². The molecule has 0 aliphatic heterocycles. The summed E-state index contributed by atoms with van der Waals surface area (Å²) in [4.78, 5) is 14.1. The van der Waals surface area contributed by atoms with Crippen molar-refractivity contribution in [1.29, 1.82) is 0 Å². The molecule has 4 nitrogen and oxygen atoms in total. The molecule has 0 atom stereocenters. The van der Waals surface area contributed by atoms with Crippen LogP contribution in [0.15, 0.2) is 21.5 Å². The molecule has 0 spiro atoms. The summed E-state index contributed by atoms with van der Waals surface area (Å²) < 4.78 is 23.3. The number of carbonyl (C=O) groups excluding carboxylic acids is 1. The van der Waals surface area contributed by atoms with E-state index in [-0.39, 0.29) is 27.4 Å². The fraction of sp³-hybridized carbons (Fsp3) is 0.462. The van der Waals surface area contributed by atoms with E-state index in [1.807, 2.05) is 20.8 Å². The molecule has 0 heterocycles. The molecule has 1 aromatic rings. The van der Waals surface area contributed by atoms with E-state index in [4.69, 9.17) is 22.3 Å². The molecule has 0 saturated heterocycles. The molecule has 8 heteroatoms. The first kappa shape index (κ1) is 18.7. The normalized spacial score (nSPS) is 11.8. The maximum atomic E-state index is 12.6. The van der Waals surface area contributed by atoms with E-state index in [1.54, 1.807) is 4.90 Å². The van der Waals surface area contributed by atoms with Crippen molar-refractivity contribution in [1.82, 2.24) is 4.90 Å². The number of carbonyl (C=O) groups is 1. The Morgan fingerprint density at radius 1 is 1.38 bits per heavy atom. The number of hydrogen-bond donors (Lipinski definition) is 0. The van der Waals surface area contributed by atoms with Gasteiger partial charge >= 0.3 is 0 Å². The zero-order chi connectivity index (χ0) is 16.4. The van der Waals surface area contributed by atoms with Gasteiger partial charge in [0.15, 0.2) is 0 Å². The van der Waals surface area contributed by atoms with Crippen LogP contribution in [0.5, 0.6) is 0 Å². The molecule has 0 bridgehead atoms. The van der Waals surface area contributed by atoms with Gasteiger partial charge in [-0.1, -0.05) is 18.5 Å². The Kier molecular flexibility index (Phi) is 6.53. The summed E-state index contributed by atoms with van der Waals surface area (Å²) in [5.74, 6) is -0.320. The molecule has 0 saturated carbocycles. The predicted molar refractivity (Wildman–Crippen MR) is 88.7 cm³/mol. The Balaban J connectivity index is 3.41. The van der Waals surface area contributed by atoms with Gasteiger partial charge in [-0.2, -0.15) is 0 Å². The molecule has 1 rings (SSSR count). The van der Waals surface area contributed by atoms with Gasteiger partial charge < -0.3 is 4.90 Å². The van der Waals surface area contributed by atoms with Gasteiger partial charge in [-0.3, -0.25) is 4.79 Å². The number of hydrogen-bond acceptors (Lipinski definition) is 3. The third kappa shape index (κ3) is 4.58. The minimum absolute atomic E-state index is 0.0245. The van der Waals surface area contributed by atoms with E-state index in [9.17, 15) is 13.2 Å². The highest BCUT2D eigenvalue weighted by Crippen LogP contribution is 2.32. The third-order valence-corrected chi connectivity index (χ3v) is 5.46. The molecule has 0 aromatic heterocycles. The molecule has 1 aromatic carbocycles. The van der Waals surface area contributed by atoms with Crippen molar-refractivity contribution in [2.75, 3.05) is 6.54 Å². The fourth-order valence-electron chi connectivity index (χ4n) is 1.85. The van der Waals surface area contributed by atoms with Gasteiger partial charge in [-0.05, 0) is 48.3 Å². The minimum Gasteiger partial charge on any atom is -0.336 e. The first-order chi connectivity index (χ1) is 9.59. The van der Waals surface area contributed by atoms with E-state index in [0.717, 1.165) is 6.42 Å². The van der Waals surface area contributed by atoms with Crippen molar-refractivity contribution in [3.8, 4) is 0 Å². The standard InChI is InChI=1S/C13H16BrCl2NO3S/c1-4-5-17(8(2)3)13(18)10-6-9(21(16,19)20)7-11(14)12(10)15/h6-8H,4-5H2,1-3H3. The quantitative estimate of drug-likeness (QED) is 0.672. The van der Waals surface area contributed by atoms with Crippen LogP contribution < -0.4 is 0 Å². The first-order valence-corrected chi connectivity index (χ1v) is 9.82. The van der Waals surface area contributed by atoms with E-state index in [2.05, 4.69) is 15.9 Å². The largest absolute Gasteiger partial charge is 0.336 e. The molecule has 0 fully saturated rings. The molecular formula is C13H16BrCl2NO3S. The zero-order valence-corrected chi connectivity index (χ0v) is 15.8. The number of rotatable bonds is 5. The second kappa shape index (κ2) is 7.31. The summed E-state index contributed by atoms with van der Waals surface area (Å²) in [5.41, 5.74) is 0.118. The van der Waals surface area contributed by atoms with Gasteiger partial charge in [0.05, 0.1) is 15.5 Å². The van der Waals surface area contributed by atoms with Crippen molar-refractivity contribution in [2.45, 2.75) is 38.1 Å². The highest BCUT2D eigenvalue weighted by atomic mass is 79.9. The first-order valence-electron chi connectivity index (χ1n) is 6.34. The molecule has 0 aliphatic carbocycles. The summed E-state index contributed by atoms with van der Waals surface area (Å²) in [6.07, 6.45) is 0.788. The van der Waals surface area contributed by atoms with E-state index in [1.165, 1.54) is 12.1 Å². The lowest BCUT2D eigenvalue weighted by molar-refractivity contribution is 0.0706. The predicted octanol–water partition coefficient (Wildman–Crippen LogP) is 4.29. The van der Waals surface area contributed by atoms with Crippen molar-refractivity contribution >= 4 is 53.2 Å². The average Bonchev–Trinajstić information content (AvgIpc) is 2.36. The van der Waals surface area contributed by atoms with Crippen molar-refractivity contribution < 1.29 is 13.2 Å². The molecule has 0 unspecified atom stereocenters. The van der Waals surface area contributed by atoms with E-state index >= 15 is 0 Å². The van der Waals surface area contributed by atoms with Gasteiger partial charge in [0.1, 0.15) is 0 Å². The number of halogens is 3. The summed E-state index contributed by atoms with van der Waals surface area (Å²) in [6, 6.07) is 2.47. The summed E-state index contributed by atoms with van der Waals surface area (Å²) in [7, 11) is 1.40. The van der Waals surface area contributed by atoms with Gasteiger partial charge in [-0.15, -0.1) is 0 Å². The summed E-state index contributed by atoms with van der Waals surface area (Å²) in [6.45, 7) is 6.29. The van der Waals surface area contributed by atoms with Gasteiger partial charge in [-0.25, -0.2) is 8.42 Å². The van der Waals surface area contributed by atoms with Crippen LogP contribution in [-0.2, 0) is 9.05 Å². The number of amides is 1. The van der Waals surface area contributed by atoms with Gasteiger partial charge in [0.25, 0.3) is 15.0 Å². The van der Waals surface area contributed by atoms with Gasteiger partial charge in [0, 0.05) is 27.7 Å². The van der Waals surface area contributed by atoms with E-state index < -0.39 is 9.05 Å². The highest BCUT2D eigenvalue weighted by molar-refractivity contribution is 9.10. The van der Waals surface area contributed by atoms with Crippen molar-refractivity contribution in [3.63, 3.8) is 0 Å². The lowest BCUT2D eigenvalue weighted by Gasteiger charge is -2.27. The number of benzene rings is 1. The Morgan fingerprint density at radius 2 is 1.95 bits per heavy atom. The lowest BCUT2D eigenvalue weighted by atomic mass is 10.1. The Labute approximate surface area is 143 Å². The SMILES string of the molecule is CCCN(C(=O)c1cc(S(=O)(=O)Cl)cc(Br)c1Cl)C(C)C. The fourth-order valence-corrected chi connectivity index (χ4v) is 3.44. The molecule has 0 aliphatic rings. The maximum Gasteiger partial charge on any atom is 0.261 e. The molecule has 118 valence electrons. The lowest BCUT2D eigenvalue weighted by Crippen LogP contribution is -2.37. The molecule has 0 radical (unpaired) electrons. The van der Waals surface area contributed by atoms with E-state index in [0.29, 0.717) is 11.0 Å². The van der Waals surface area contributed by atoms with Crippen LogP contribution in [0.4, 0.5) is 0 Å².